The van der Waals surface area contributed by atoms with Gasteiger partial charge in [0.2, 0.25) is 10.0 Å². The number of nitrogens with one attached hydrogen (secondary N) is 2. The molecule has 0 fully saturated rings. The second-order valence-electron chi connectivity index (χ2n) is 8.64. The summed E-state index contributed by atoms with van der Waals surface area (Å²) in [4.78, 5) is 10.9. The number of sulfonamides is 1. The van der Waals surface area contributed by atoms with Crippen LogP contribution in [0, 0.1) is 0 Å². The monoisotopic (exact) mass is 530 g/mol. The van der Waals surface area contributed by atoms with E-state index in [-0.39, 0.29) is 41.9 Å². The van der Waals surface area contributed by atoms with Crippen molar-refractivity contribution in [1.82, 2.24) is 5.32 Å². The van der Waals surface area contributed by atoms with Gasteiger partial charge >= 0.3 is 5.97 Å². The average molecular weight is 531 g/mol. The van der Waals surface area contributed by atoms with E-state index in [1.807, 2.05) is 30.3 Å². The molecule has 0 saturated carbocycles. The highest BCUT2D eigenvalue weighted by Crippen LogP contribution is 2.31. The summed E-state index contributed by atoms with van der Waals surface area (Å²) < 4.78 is 30.5. The van der Waals surface area contributed by atoms with Crippen LogP contribution in [0.5, 0.6) is 17.2 Å². The lowest BCUT2D eigenvalue weighted by Crippen LogP contribution is -2.32. The fraction of sp³-hybridized carbons (Fsp3) is 0.269. The number of phenolic OH excluding ortho intramolecular Hbond substituents is 2. The molecule has 6 N–H and O–H groups in total. The highest BCUT2D eigenvalue weighted by Gasteiger charge is 2.18. The van der Waals surface area contributed by atoms with E-state index in [0.29, 0.717) is 12.0 Å². The number of anilines is 1. The molecule has 0 amide bonds. The van der Waals surface area contributed by atoms with Gasteiger partial charge in [-0.15, -0.1) is 0 Å². The van der Waals surface area contributed by atoms with Gasteiger partial charge in [-0.05, 0) is 53.8 Å². The smallest absolute Gasteiger partial charge is 0.341 e. The molecule has 0 aliphatic heterocycles. The molecule has 0 aliphatic carbocycles. The van der Waals surface area contributed by atoms with Gasteiger partial charge in [-0.25, -0.2) is 13.2 Å². The summed E-state index contributed by atoms with van der Waals surface area (Å²) >= 11 is 0. The van der Waals surface area contributed by atoms with Crippen molar-refractivity contribution in [3.8, 4) is 17.2 Å². The van der Waals surface area contributed by atoms with Crippen LogP contribution in [0.25, 0.3) is 0 Å². The third kappa shape index (κ3) is 8.98. The van der Waals surface area contributed by atoms with Gasteiger partial charge in [0, 0.05) is 12.6 Å². The number of carboxylic acids is 1. The number of hydrogen-bond donors (Lipinski definition) is 6. The van der Waals surface area contributed by atoms with Gasteiger partial charge in [0.1, 0.15) is 5.75 Å². The second-order valence-corrected chi connectivity index (χ2v) is 10.4. The highest BCUT2D eigenvalue weighted by molar-refractivity contribution is 7.92. The Morgan fingerprint density at radius 2 is 1.65 bits per heavy atom. The molecule has 1 unspecified atom stereocenters. The summed E-state index contributed by atoms with van der Waals surface area (Å²) in [6.45, 7) is -0.436. The van der Waals surface area contributed by atoms with E-state index in [2.05, 4.69) is 10.0 Å². The number of aliphatic carboxylic acids is 1. The van der Waals surface area contributed by atoms with E-state index in [0.717, 1.165) is 17.4 Å². The molecule has 0 spiro atoms. The van der Waals surface area contributed by atoms with E-state index in [9.17, 15) is 28.5 Å². The normalized spacial score (nSPS) is 13.0. The maximum atomic E-state index is 11.5. The standard InChI is InChI=1S/C26H30N2O8S/c1-37(34,35)28-22-13-18(7-9-23(22)30)11-20(29)15-27-21(12-17-5-3-2-4-6-17)19-8-10-24(31)25(14-19)36-16-26(32)33/h2-10,13-14,20-21,27-31H,11-12,15-16H2,1H3,(H,32,33)/t20-,21?/m0/s1. The number of carboxylic acid groups (broad SMARTS) is 1. The minimum Gasteiger partial charge on any atom is -0.506 e. The Bertz CT molecular complexity index is 1320. The summed E-state index contributed by atoms with van der Waals surface area (Å²) in [5.74, 6) is -1.54. The molecule has 37 heavy (non-hydrogen) atoms. The first-order valence-electron chi connectivity index (χ1n) is 11.4. The van der Waals surface area contributed by atoms with E-state index >= 15 is 0 Å². The summed E-state index contributed by atoms with van der Waals surface area (Å²) in [7, 11) is -3.59. The molecule has 3 rings (SSSR count). The fourth-order valence-corrected chi connectivity index (χ4v) is 4.34. The van der Waals surface area contributed by atoms with Crippen LogP contribution in [-0.4, -0.2) is 60.3 Å². The molecular weight excluding hydrogens is 500 g/mol. The van der Waals surface area contributed by atoms with Gasteiger partial charge in [0.15, 0.2) is 18.1 Å². The lowest BCUT2D eigenvalue weighted by molar-refractivity contribution is -0.139. The van der Waals surface area contributed by atoms with Crippen molar-refractivity contribution < 1.29 is 38.4 Å². The van der Waals surface area contributed by atoms with Gasteiger partial charge in [0.05, 0.1) is 18.0 Å². The van der Waals surface area contributed by atoms with Crippen molar-refractivity contribution in [3.05, 3.63) is 83.4 Å². The zero-order valence-electron chi connectivity index (χ0n) is 20.2. The number of aliphatic hydroxyl groups is 1. The molecule has 2 atom stereocenters. The molecule has 0 heterocycles. The Morgan fingerprint density at radius 3 is 2.32 bits per heavy atom. The number of ether oxygens (including phenoxy) is 1. The zero-order chi connectivity index (χ0) is 27.0. The largest absolute Gasteiger partial charge is 0.506 e. The SMILES string of the molecule is CS(=O)(=O)Nc1cc(C[C@H](O)CNC(Cc2ccccc2)c2ccc(O)c(OCC(=O)O)c2)ccc1O. The van der Waals surface area contributed by atoms with Crippen LogP contribution in [0.15, 0.2) is 66.7 Å². The minimum absolute atomic E-state index is 0.0279. The van der Waals surface area contributed by atoms with Gasteiger partial charge in [0.25, 0.3) is 0 Å². The van der Waals surface area contributed by atoms with E-state index in [1.54, 1.807) is 18.2 Å². The second kappa shape index (κ2) is 12.4. The zero-order valence-corrected chi connectivity index (χ0v) is 21.0. The Morgan fingerprint density at radius 1 is 0.946 bits per heavy atom. The number of aromatic hydroxyl groups is 2. The third-order valence-corrected chi connectivity index (χ3v) is 6.04. The van der Waals surface area contributed by atoms with Crippen LogP contribution in [0.4, 0.5) is 5.69 Å². The number of carbonyl (C=O) groups is 1. The van der Waals surface area contributed by atoms with Gasteiger partial charge in [-0.1, -0.05) is 42.5 Å². The summed E-state index contributed by atoms with van der Waals surface area (Å²) in [5.41, 5.74) is 2.39. The first-order valence-corrected chi connectivity index (χ1v) is 13.3. The topological polar surface area (TPSA) is 165 Å². The summed E-state index contributed by atoms with van der Waals surface area (Å²) in [5, 5.41) is 42.9. The maximum Gasteiger partial charge on any atom is 0.341 e. The van der Waals surface area contributed by atoms with Crippen molar-refractivity contribution in [2.75, 3.05) is 24.1 Å². The quantitative estimate of drug-likeness (QED) is 0.182. The number of benzene rings is 3. The molecular formula is C26H30N2O8S. The first kappa shape index (κ1) is 27.8. The average Bonchev–Trinajstić information content (AvgIpc) is 2.83. The Balaban J connectivity index is 1.75. The van der Waals surface area contributed by atoms with Gasteiger partial charge in [-0.2, -0.15) is 0 Å². The molecule has 0 aromatic heterocycles. The van der Waals surface area contributed by atoms with Crippen LogP contribution in [0.3, 0.4) is 0 Å². The molecule has 11 heteroatoms. The van der Waals surface area contributed by atoms with Gasteiger partial charge < -0.3 is 30.5 Å². The summed E-state index contributed by atoms with van der Waals surface area (Å²) in [6, 6.07) is 18.4. The molecule has 10 nitrogen and oxygen atoms in total. The predicted octanol–water partition coefficient (Wildman–Crippen LogP) is 2.41. The van der Waals surface area contributed by atoms with E-state index < -0.39 is 28.7 Å². The number of hydrogen-bond acceptors (Lipinski definition) is 8. The van der Waals surface area contributed by atoms with Crippen molar-refractivity contribution in [2.45, 2.75) is 25.0 Å². The van der Waals surface area contributed by atoms with Crippen molar-refractivity contribution in [2.24, 2.45) is 0 Å². The summed E-state index contributed by atoms with van der Waals surface area (Å²) in [6.07, 6.45) is 0.852. The molecule has 0 bridgehead atoms. The lowest BCUT2D eigenvalue weighted by Gasteiger charge is -2.23. The van der Waals surface area contributed by atoms with E-state index in [4.69, 9.17) is 9.84 Å². The van der Waals surface area contributed by atoms with Crippen LogP contribution in [-0.2, 0) is 27.7 Å². The van der Waals surface area contributed by atoms with Crippen molar-refractivity contribution in [3.63, 3.8) is 0 Å². The van der Waals surface area contributed by atoms with Crippen LogP contribution in [0.1, 0.15) is 22.7 Å². The van der Waals surface area contributed by atoms with Crippen LogP contribution in [0.2, 0.25) is 0 Å². The molecule has 0 aliphatic rings. The molecule has 3 aromatic rings. The van der Waals surface area contributed by atoms with Crippen molar-refractivity contribution >= 4 is 21.7 Å². The Labute approximate surface area is 215 Å². The van der Waals surface area contributed by atoms with E-state index in [1.165, 1.54) is 18.2 Å². The highest BCUT2D eigenvalue weighted by atomic mass is 32.2. The molecule has 0 saturated heterocycles. The fourth-order valence-electron chi connectivity index (χ4n) is 3.77. The lowest BCUT2D eigenvalue weighted by atomic mass is 9.97. The predicted molar refractivity (Wildman–Crippen MR) is 138 cm³/mol. The first-order chi connectivity index (χ1) is 17.5. The minimum atomic E-state index is -3.59. The maximum absolute atomic E-state index is 11.5. The molecule has 0 radical (unpaired) electrons. The Hall–Kier alpha value is -3.80. The number of aliphatic hydroxyl groups excluding tert-OH is 1. The number of phenols is 2. The molecule has 198 valence electrons. The Kier molecular flexibility index (Phi) is 9.34. The van der Waals surface area contributed by atoms with Gasteiger partial charge in [-0.3, -0.25) is 4.72 Å². The number of rotatable bonds is 13. The van der Waals surface area contributed by atoms with Crippen LogP contribution < -0.4 is 14.8 Å². The third-order valence-electron chi connectivity index (χ3n) is 5.45. The van der Waals surface area contributed by atoms with Crippen LogP contribution >= 0.6 is 0 Å². The molecule has 3 aromatic carbocycles. The van der Waals surface area contributed by atoms with Crippen molar-refractivity contribution in [1.29, 1.82) is 0 Å².